The van der Waals surface area contributed by atoms with Crippen molar-refractivity contribution in [2.75, 3.05) is 0 Å². The molecule has 0 aliphatic carbocycles. The maximum absolute atomic E-state index is 12.0. The first-order valence-corrected chi connectivity index (χ1v) is 6.27. The highest BCUT2D eigenvalue weighted by Gasteiger charge is 2.30. The lowest BCUT2D eigenvalue weighted by atomic mass is 10.2. The molecule has 0 amide bonds. The van der Waals surface area contributed by atoms with Gasteiger partial charge in [0.2, 0.25) is 0 Å². The Labute approximate surface area is 126 Å². The lowest BCUT2D eigenvalue weighted by Gasteiger charge is -2.10. The molecule has 2 rings (SSSR count). The molecular formula is C12H7Cl2F3N2O2. The molecule has 9 heteroatoms. The van der Waals surface area contributed by atoms with Gasteiger partial charge in [0.1, 0.15) is 10.8 Å². The van der Waals surface area contributed by atoms with E-state index < -0.39 is 11.9 Å². The Hall–Kier alpha value is -1.73. The standard InChI is InChI=1S/C12H7Cl2F3N2O2/c13-9-5-18-19(11(20)10(9)14)6-7-1-3-8(4-2-7)21-12(15,16)17/h1-5H,6H2. The zero-order valence-electron chi connectivity index (χ0n) is 10.2. The molecular weight excluding hydrogens is 332 g/mol. The predicted octanol–water partition coefficient (Wildman–Crippen LogP) is 3.50. The zero-order valence-corrected chi connectivity index (χ0v) is 11.7. The van der Waals surface area contributed by atoms with E-state index in [2.05, 4.69) is 9.84 Å². The summed E-state index contributed by atoms with van der Waals surface area (Å²) in [6, 6.07) is 5.06. The molecule has 2 aromatic rings. The van der Waals surface area contributed by atoms with E-state index in [1.54, 1.807) is 0 Å². The van der Waals surface area contributed by atoms with Gasteiger partial charge in [-0.15, -0.1) is 13.2 Å². The highest BCUT2D eigenvalue weighted by Crippen LogP contribution is 2.23. The van der Waals surface area contributed by atoms with Crippen LogP contribution in [0.15, 0.2) is 35.3 Å². The van der Waals surface area contributed by atoms with E-state index in [4.69, 9.17) is 23.2 Å². The summed E-state index contributed by atoms with van der Waals surface area (Å²) in [5.41, 5.74) is -0.0303. The van der Waals surface area contributed by atoms with Gasteiger partial charge in [-0.3, -0.25) is 4.79 Å². The number of hydrogen-bond donors (Lipinski definition) is 0. The van der Waals surface area contributed by atoms with E-state index in [0.29, 0.717) is 5.56 Å². The van der Waals surface area contributed by atoms with Gasteiger partial charge in [-0.05, 0) is 17.7 Å². The molecule has 1 heterocycles. The van der Waals surface area contributed by atoms with Gasteiger partial charge in [-0.2, -0.15) is 5.10 Å². The number of rotatable bonds is 3. The first kappa shape index (κ1) is 15.7. The molecule has 4 nitrogen and oxygen atoms in total. The van der Waals surface area contributed by atoms with Crippen molar-refractivity contribution < 1.29 is 17.9 Å². The van der Waals surface area contributed by atoms with Gasteiger partial charge in [-0.25, -0.2) is 4.68 Å². The third-order valence-corrected chi connectivity index (χ3v) is 3.18. The molecule has 21 heavy (non-hydrogen) atoms. The minimum atomic E-state index is -4.75. The van der Waals surface area contributed by atoms with Crippen molar-refractivity contribution in [2.45, 2.75) is 12.9 Å². The Morgan fingerprint density at radius 1 is 1.19 bits per heavy atom. The molecule has 1 aromatic carbocycles. The Balaban J connectivity index is 2.18. The molecule has 0 atom stereocenters. The Bertz CT molecular complexity index is 699. The van der Waals surface area contributed by atoms with Crippen molar-refractivity contribution >= 4 is 23.2 Å². The smallest absolute Gasteiger partial charge is 0.406 e. The van der Waals surface area contributed by atoms with E-state index in [1.807, 2.05) is 0 Å². The topological polar surface area (TPSA) is 44.1 Å². The summed E-state index contributed by atoms with van der Waals surface area (Å²) in [4.78, 5) is 11.8. The number of hydrogen-bond acceptors (Lipinski definition) is 3. The second-order valence-electron chi connectivity index (χ2n) is 3.96. The minimum absolute atomic E-state index is 0.0341. The Morgan fingerprint density at radius 2 is 1.81 bits per heavy atom. The molecule has 0 aliphatic heterocycles. The number of alkyl halides is 3. The predicted molar refractivity (Wildman–Crippen MR) is 70.7 cm³/mol. The largest absolute Gasteiger partial charge is 0.573 e. The van der Waals surface area contributed by atoms with Crippen LogP contribution in [0.1, 0.15) is 5.56 Å². The summed E-state index contributed by atoms with van der Waals surface area (Å²) in [6.45, 7) is 0.0437. The van der Waals surface area contributed by atoms with Crippen molar-refractivity contribution in [2.24, 2.45) is 0 Å². The average Bonchev–Trinajstić information content (AvgIpc) is 2.40. The molecule has 0 N–H and O–H groups in total. The summed E-state index contributed by atoms with van der Waals surface area (Å²) < 4.78 is 40.8. The summed E-state index contributed by atoms with van der Waals surface area (Å²) in [7, 11) is 0. The number of ether oxygens (including phenoxy) is 1. The zero-order chi connectivity index (χ0) is 15.6. The van der Waals surface area contributed by atoms with Crippen LogP contribution < -0.4 is 10.3 Å². The van der Waals surface area contributed by atoms with Crippen molar-refractivity contribution in [1.29, 1.82) is 0 Å². The second-order valence-corrected chi connectivity index (χ2v) is 4.75. The van der Waals surface area contributed by atoms with Crippen LogP contribution >= 0.6 is 23.2 Å². The fraction of sp³-hybridized carbons (Fsp3) is 0.167. The molecule has 0 aliphatic rings. The van der Waals surface area contributed by atoms with Gasteiger partial charge >= 0.3 is 6.36 Å². The monoisotopic (exact) mass is 338 g/mol. The molecule has 0 saturated heterocycles. The van der Waals surface area contributed by atoms with E-state index in [0.717, 1.165) is 16.8 Å². The lowest BCUT2D eigenvalue weighted by molar-refractivity contribution is -0.274. The van der Waals surface area contributed by atoms with Gasteiger partial charge in [0.15, 0.2) is 0 Å². The highest BCUT2D eigenvalue weighted by molar-refractivity contribution is 6.41. The van der Waals surface area contributed by atoms with Crippen LogP contribution in [0.3, 0.4) is 0 Å². The van der Waals surface area contributed by atoms with E-state index in [1.165, 1.54) is 18.3 Å². The van der Waals surface area contributed by atoms with Crippen LogP contribution in [0.5, 0.6) is 5.75 Å². The van der Waals surface area contributed by atoms with Gasteiger partial charge in [0.25, 0.3) is 5.56 Å². The van der Waals surface area contributed by atoms with Crippen LogP contribution in [-0.4, -0.2) is 16.1 Å². The molecule has 112 valence electrons. The SMILES string of the molecule is O=c1c(Cl)c(Cl)cnn1Cc1ccc(OC(F)(F)F)cc1. The maximum Gasteiger partial charge on any atom is 0.573 e. The van der Waals surface area contributed by atoms with Crippen molar-refractivity contribution in [3.63, 3.8) is 0 Å². The summed E-state index contributed by atoms with van der Waals surface area (Å²) >= 11 is 11.3. The van der Waals surface area contributed by atoms with Crippen molar-refractivity contribution in [1.82, 2.24) is 9.78 Å². The van der Waals surface area contributed by atoms with Crippen molar-refractivity contribution in [3.05, 3.63) is 56.4 Å². The third-order valence-electron chi connectivity index (χ3n) is 2.43. The van der Waals surface area contributed by atoms with Crippen LogP contribution in [0.25, 0.3) is 0 Å². The normalized spacial score (nSPS) is 11.5. The minimum Gasteiger partial charge on any atom is -0.406 e. The molecule has 0 bridgehead atoms. The van der Waals surface area contributed by atoms with Crippen LogP contribution in [0, 0.1) is 0 Å². The fourth-order valence-electron chi connectivity index (χ4n) is 1.53. The van der Waals surface area contributed by atoms with Crippen LogP contribution in [0.4, 0.5) is 13.2 Å². The molecule has 0 fully saturated rings. The number of halogens is 5. The molecule has 0 unspecified atom stereocenters. The number of nitrogens with zero attached hydrogens (tertiary/aromatic N) is 2. The fourth-order valence-corrected chi connectivity index (χ4v) is 1.80. The third kappa shape index (κ3) is 4.12. The molecule has 0 spiro atoms. The quantitative estimate of drug-likeness (QED) is 0.860. The van der Waals surface area contributed by atoms with Gasteiger partial charge in [-0.1, -0.05) is 35.3 Å². The van der Waals surface area contributed by atoms with Gasteiger partial charge in [0.05, 0.1) is 17.8 Å². The molecule has 1 aromatic heterocycles. The van der Waals surface area contributed by atoms with Crippen LogP contribution in [-0.2, 0) is 6.54 Å². The summed E-state index contributed by atoms with van der Waals surface area (Å²) in [5, 5.41) is 3.66. The average molecular weight is 339 g/mol. The summed E-state index contributed by atoms with van der Waals surface area (Å²) in [6.07, 6.45) is -3.53. The van der Waals surface area contributed by atoms with Crippen molar-refractivity contribution in [3.8, 4) is 5.75 Å². The lowest BCUT2D eigenvalue weighted by Crippen LogP contribution is -2.23. The summed E-state index contributed by atoms with van der Waals surface area (Å²) in [5.74, 6) is -0.347. The second kappa shape index (κ2) is 5.95. The van der Waals surface area contributed by atoms with E-state index >= 15 is 0 Å². The Morgan fingerprint density at radius 3 is 2.38 bits per heavy atom. The van der Waals surface area contributed by atoms with E-state index in [9.17, 15) is 18.0 Å². The first-order valence-electron chi connectivity index (χ1n) is 5.52. The maximum atomic E-state index is 12.0. The Kier molecular flexibility index (Phi) is 4.43. The molecule has 0 radical (unpaired) electrons. The highest BCUT2D eigenvalue weighted by atomic mass is 35.5. The van der Waals surface area contributed by atoms with Crippen LogP contribution in [0.2, 0.25) is 10.0 Å². The van der Waals surface area contributed by atoms with Gasteiger partial charge in [0, 0.05) is 0 Å². The van der Waals surface area contributed by atoms with Gasteiger partial charge < -0.3 is 4.74 Å². The first-order chi connectivity index (χ1) is 9.76. The van der Waals surface area contributed by atoms with E-state index in [-0.39, 0.29) is 22.3 Å². The number of aromatic nitrogens is 2. The number of benzene rings is 1. The molecule has 0 saturated carbocycles.